The molecule has 5 N–H and O–H groups in total. The summed E-state index contributed by atoms with van der Waals surface area (Å²) in [6.07, 6.45) is 134. The average Bonchev–Trinajstić information content (AvgIpc) is 3.58. The molecule has 108 heavy (non-hydrogen) atoms. The summed E-state index contributed by atoms with van der Waals surface area (Å²) in [6.45, 7) is 10.9. The van der Waals surface area contributed by atoms with Crippen molar-refractivity contribution >= 4 is 29.8 Å². The lowest BCUT2D eigenvalue weighted by Gasteiger charge is -1.98. The molecule has 0 aromatic heterocycles. The zero-order valence-electron chi connectivity index (χ0n) is 68.8. The molecule has 0 aliphatic rings. The summed E-state index contributed by atoms with van der Waals surface area (Å²) in [5, 5.41) is 42.5. The first kappa shape index (κ1) is 109. The standard InChI is InChI=1S/C22H32O2.C20H32O2.C20H30O2.C18H32O2.C18H30O2/c1-2-3-4-5-6-7-8-9-10-11-12-13-14-15-16-17-18-19-20-21-22(23)24;2*1-2-3-4-5-6-7-8-9-10-11-12-13-14-15-16-17-18-19-20(21)22;2*1-2-3-4-5-6-7-8-9-10-11-12-13-14-15-16-17-18(19)20/h3-4,6-7,9-10,12-13,15-16,18-19H,2,5,8,11,14,17,20-21H2,1H3,(H,23,24);6-7,9-10,12-13,15-16H,2-5,8,11,14,17-19H2,1H3,(H,21,22);3-4,6-7,9-10,12-13,15-16H,2,5,8,11,14,17-19H2,1H3,(H,21,22);6-7,9-10H,2-5,8,11-17H2,1H3,(H,19,20);3-4,6-7,9-10H,2,5,8,11-17H2,1H3,(H,19,20)/b4-3-,7-6-,10-9-,13-12-,16-15-,19-18-;7-6-,10-9-,13-12-,16-15-;4-3-,7-6-,10-9-,13-12-,16-15-;7-6-,10-9-;4-3-,7-6-,10-9-. The first-order chi connectivity index (χ1) is 52.9. The maximum atomic E-state index is 10.3. The van der Waals surface area contributed by atoms with Gasteiger partial charge in [0.15, 0.2) is 0 Å². The molecule has 0 bridgehead atoms. The van der Waals surface area contributed by atoms with Crippen LogP contribution in [0.5, 0.6) is 0 Å². The summed E-state index contributed by atoms with van der Waals surface area (Å²) >= 11 is 0. The van der Waals surface area contributed by atoms with E-state index in [4.69, 9.17) is 25.5 Å². The summed E-state index contributed by atoms with van der Waals surface area (Å²) in [7, 11) is 0. The number of allylic oxidation sites excluding steroid dienone is 40. The van der Waals surface area contributed by atoms with Crippen molar-refractivity contribution in [1.29, 1.82) is 0 Å². The average molecular weight is 1490 g/mol. The van der Waals surface area contributed by atoms with Crippen molar-refractivity contribution in [3.63, 3.8) is 0 Å². The van der Waals surface area contributed by atoms with E-state index in [2.05, 4.69) is 266 Å². The second-order valence-corrected chi connectivity index (χ2v) is 26.1. The third-order valence-corrected chi connectivity index (χ3v) is 15.6. The van der Waals surface area contributed by atoms with Crippen molar-refractivity contribution in [2.45, 2.75) is 343 Å². The molecule has 0 rings (SSSR count). The van der Waals surface area contributed by atoms with Gasteiger partial charge >= 0.3 is 29.8 Å². The number of aliphatic carboxylic acids is 5. The van der Waals surface area contributed by atoms with Gasteiger partial charge in [0.2, 0.25) is 0 Å². The van der Waals surface area contributed by atoms with Gasteiger partial charge in [-0.15, -0.1) is 0 Å². The molecule has 608 valence electrons. The molecule has 0 saturated heterocycles. The molecule has 0 heterocycles. The van der Waals surface area contributed by atoms with E-state index in [-0.39, 0.29) is 19.3 Å². The second-order valence-electron chi connectivity index (χ2n) is 26.1. The molecule has 10 heteroatoms. The van der Waals surface area contributed by atoms with Crippen LogP contribution in [0.15, 0.2) is 243 Å². The summed E-state index contributed by atoms with van der Waals surface area (Å²) in [5.74, 6) is -3.51. The highest BCUT2D eigenvalue weighted by atomic mass is 16.4. The molecule has 0 atom stereocenters. The first-order valence-electron chi connectivity index (χ1n) is 41.9. The number of carboxylic acid groups (broad SMARTS) is 5. The van der Waals surface area contributed by atoms with Gasteiger partial charge in [0.05, 0.1) is 0 Å². The van der Waals surface area contributed by atoms with Crippen LogP contribution >= 0.6 is 0 Å². The molecule has 10 nitrogen and oxygen atoms in total. The molecule has 0 spiro atoms. The molecule has 0 unspecified atom stereocenters. The van der Waals surface area contributed by atoms with Gasteiger partial charge in [0.1, 0.15) is 0 Å². The van der Waals surface area contributed by atoms with Gasteiger partial charge in [0.25, 0.3) is 0 Å². The first-order valence-corrected chi connectivity index (χ1v) is 41.9. The third-order valence-electron chi connectivity index (χ3n) is 15.6. The fraction of sp³-hybridized carbons (Fsp3) is 0.541. The normalized spacial score (nSPS) is 12.4. The van der Waals surface area contributed by atoms with E-state index in [1.54, 1.807) is 0 Å². The maximum absolute atomic E-state index is 10.3. The molecule has 0 amide bonds. The molecule has 0 saturated carbocycles. The molecule has 0 aromatic rings. The summed E-state index contributed by atoms with van der Waals surface area (Å²) in [6, 6.07) is 0. The minimum atomic E-state index is -0.741. The Balaban J connectivity index is -0.000000410. The van der Waals surface area contributed by atoms with Crippen LogP contribution in [0.3, 0.4) is 0 Å². The van der Waals surface area contributed by atoms with Crippen LogP contribution in [0.2, 0.25) is 0 Å². The highest BCUT2D eigenvalue weighted by molar-refractivity contribution is 5.67. The van der Waals surface area contributed by atoms with Gasteiger partial charge in [-0.25, -0.2) is 0 Å². The number of hydrogen-bond acceptors (Lipinski definition) is 5. The number of rotatable bonds is 68. The highest BCUT2D eigenvalue weighted by Crippen LogP contribution is 2.11. The van der Waals surface area contributed by atoms with Gasteiger partial charge in [0, 0.05) is 32.1 Å². The Bertz CT molecular complexity index is 2610. The van der Waals surface area contributed by atoms with Crippen LogP contribution in [0.25, 0.3) is 0 Å². The SMILES string of the molecule is CC/C=C\C/C=C\C/C=C\C/C=C\C/C=C\C/C=C\CCC(=O)O.CC/C=C\C/C=C\C/C=C\C/C=C\C/C=C\CCCC(=O)O.CC/C=C\C/C=C\C/C=C\CCCCCCCC(=O)O.CCCCC/C=C\C/C=C\C/C=C\C/C=C\CCCC(=O)O.CCCCC/C=C\C/C=C\CCCCCCCC(=O)O. The Morgan fingerprint density at radius 3 is 0.500 bits per heavy atom. The lowest BCUT2D eigenvalue weighted by molar-refractivity contribution is -0.138. The van der Waals surface area contributed by atoms with E-state index in [0.29, 0.717) is 19.3 Å². The van der Waals surface area contributed by atoms with Crippen molar-refractivity contribution < 1.29 is 49.5 Å². The lowest BCUT2D eigenvalue weighted by atomic mass is 10.1. The monoisotopic (exact) mass is 1490 g/mol. The van der Waals surface area contributed by atoms with E-state index >= 15 is 0 Å². The van der Waals surface area contributed by atoms with E-state index in [9.17, 15) is 24.0 Å². The molecular weight excluding hydrogens is 1340 g/mol. The van der Waals surface area contributed by atoms with E-state index in [1.807, 2.05) is 12.2 Å². The summed E-state index contributed by atoms with van der Waals surface area (Å²) in [4.78, 5) is 51.6. The predicted octanol–water partition coefficient (Wildman–Crippen LogP) is 30.3. The Hall–Kier alpha value is -7.85. The van der Waals surface area contributed by atoms with Crippen LogP contribution in [-0.2, 0) is 24.0 Å². The van der Waals surface area contributed by atoms with Crippen molar-refractivity contribution in [2.24, 2.45) is 0 Å². The van der Waals surface area contributed by atoms with Crippen LogP contribution in [0, 0.1) is 0 Å². The predicted molar refractivity (Wildman–Crippen MR) is 471 cm³/mol. The van der Waals surface area contributed by atoms with Gasteiger partial charge in [-0.1, -0.05) is 342 Å². The van der Waals surface area contributed by atoms with Gasteiger partial charge in [-0.3, -0.25) is 24.0 Å². The Labute approximate surface area is 661 Å². The van der Waals surface area contributed by atoms with Crippen LogP contribution in [0.4, 0.5) is 0 Å². The zero-order valence-corrected chi connectivity index (χ0v) is 68.8. The third kappa shape index (κ3) is 128. The van der Waals surface area contributed by atoms with Crippen molar-refractivity contribution in [3.05, 3.63) is 243 Å². The fourth-order valence-electron chi connectivity index (χ4n) is 9.50. The Morgan fingerprint density at radius 1 is 0.157 bits per heavy atom. The van der Waals surface area contributed by atoms with E-state index in [0.717, 1.165) is 186 Å². The number of hydrogen-bond donors (Lipinski definition) is 5. The molecule has 0 radical (unpaired) electrons. The number of carboxylic acids is 5. The molecule has 0 aliphatic carbocycles. The second kappa shape index (κ2) is 106. The number of unbranched alkanes of at least 4 members (excludes halogenated alkanes) is 18. The molecular formula is C98H156O10. The van der Waals surface area contributed by atoms with E-state index < -0.39 is 29.8 Å². The van der Waals surface area contributed by atoms with Crippen molar-refractivity contribution in [2.75, 3.05) is 0 Å². The smallest absolute Gasteiger partial charge is 0.303 e. The highest BCUT2D eigenvalue weighted by Gasteiger charge is 1.98. The Morgan fingerprint density at radius 2 is 0.306 bits per heavy atom. The molecule has 0 aliphatic heterocycles. The minimum Gasteiger partial charge on any atom is -0.481 e. The van der Waals surface area contributed by atoms with Crippen molar-refractivity contribution in [3.8, 4) is 0 Å². The van der Waals surface area contributed by atoms with Gasteiger partial charge in [-0.2, -0.15) is 0 Å². The Kier molecular flexibility index (Phi) is 106. The summed E-state index contributed by atoms with van der Waals surface area (Å²) < 4.78 is 0. The molecule has 0 fully saturated rings. The van der Waals surface area contributed by atoms with E-state index in [1.165, 1.54) is 83.5 Å². The lowest BCUT2D eigenvalue weighted by Crippen LogP contribution is -1.93. The van der Waals surface area contributed by atoms with Gasteiger partial charge < -0.3 is 25.5 Å². The zero-order chi connectivity index (χ0) is 80.1. The quantitative estimate of drug-likeness (QED) is 0.0290. The number of carbonyl (C=O) groups is 5. The van der Waals surface area contributed by atoms with Crippen LogP contribution < -0.4 is 0 Å². The largest absolute Gasteiger partial charge is 0.481 e. The minimum absolute atomic E-state index is 0.210. The van der Waals surface area contributed by atoms with Crippen molar-refractivity contribution in [1.82, 2.24) is 0 Å². The topological polar surface area (TPSA) is 186 Å². The summed E-state index contributed by atoms with van der Waals surface area (Å²) in [5.41, 5.74) is 0. The van der Waals surface area contributed by atoms with Gasteiger partial charge in [-0.05, 0) is 212 Å². The molecule has 0 aromatic carbocycles. The van der Waals surface area contributed by atoms with Crippen LogP contribution in [0.1, 0.15) is 343 Å². The van der Waals surface area contributed by atoms with Crippen LogP contribution in [-0.4, -0.2) is 55.4 Å². The fourth-order valence-corrected chi connectivity index (χ4v) is 9.50. The maximum Gasteiger partial charge on any atom is 0.303 e.